The van der Waals surface area contributed by atoms with E-state index in [2.05, 4.69) is 0 Å². The molecule has 156 valence electrons. The largest absolute Gasteiger partial charge is 0.362 e. The van der Waals surface area contributed by atoms with E-state index in [1.807, 2.05) is 43.3 Å². The topological polar surface area (TPSA) is 40.6 Å². The molecule has 0 N–H and O–H groups in total. The fraction of sp³-hybridized carbons (Fsp3) is 0.120. The summed E-state index contributed by atoms with van der Waals surface area (Å²) in [7, 11) is 0. The van der Waals surface area contributed by atoms with Crippen LogP contribution in [0.1, 0.15) is 18.1 Å². The van der Waals surface area contributed by atoms with Gasteiger partial charge in [0.05, 0.1) is 11.3 Å². The Balaban J connectivity index is 1.84. The molecular formula is C25H20F2N2O2. The maximum absolute atomic E-state index is 14.5. The summed E-state index contributed by atoms with van der Waals surface area (Å²) in [4.78, 5) is 29.5. The van der Waals surface area contributed by atoms with Crippen LogP contribution >= 0.6 is 0 Å². The van der Waals surface area contributed by atoms with Crippen molar-refractivity contribution in [2.75, 3.05) is 11.4 Å². The molecule has 0 unspecified atom stereocenters. The van der Waals surface area contributed by atoms with Crippen molar-refractivity contribution in [3.8, 4) is 0 Å². The van der Waals surface area contributed by atoms with Gasteiger partial charge in [-0.15, -0.1) is 0 Å². The first-order chi connectivity index (χ1) is 15.0. The number of halogens is 2. The van der Waals surface area contributed by atoms with Crippen LogP contribution in [-0.4, -0.2) is 23.3 Å². The summed E-state index contributed by atoms with van der Waals surface area (Å²) in [5.41, 5.74) is 1.66. The summed E-state index contributed by atoms with van der Waals surface area (Å²) in [6.45, 7) is 2.75. The average Bonchev–Trinajstić information content (AvgIpc) is 3.03. The van der Waals surface area contributed by atoms with Crippen molar-refractivity contribution in [2.24, 2.45) is 0 Å². The zero-order valence-electron chi connectivity index (χ0n) is 16.9. The zero-order valence-corrected chi connectivity index (χ0v) is 16.9. The second-order valence-corrected chi connectivity index (χ2v) is 7.13. The first-order valence-corrected chi connectivity index (χ1v) is 9.93. The van der Waals surface area contributed by atoms with E-state index in [1.165, 1.54) is 0 Å². The Morgan fingerprint density at radius 1 is 0.839 bits per heavy atom. The van der Waals surface area contributed by atoms with E-state index in [0.717, 1.165) is 22.6 Å². The minimum absolute atomic E-state index is 0.200. The molecule has 0 aliphatic carbocycles. The molecule has 0 radical (unpaired) electrons. The highest BCUT2D eigenvalue weighted by molar-refractivity contribution is 6.45. The summed E-state index contributed by atoms with van der Waals surface area (Å²) in [6, 6.07) is 21.2. The predicted octanol–water partition coefficient (Wildman–Crippen LogP) is 4.77. The Labute approximate surface area is 179 Å². The van der Waals surface area contributed by atoms with Gasteiger partial charge >= 0.3 is 0 Å². The summed E-state index contributed by atoms with van der Waals surface area (Å²) >= 11 is 0. The van der Waals surface area contributed by atoms with Crippen LogP contribution in [0.25, 0.3) is 5.57 Å². The Morgan fingerprint density at radius 3 is 2.10 bits per heavy atom. The normalized spacial score (nSPS) is 13.8. The lowest BCUT2D eigenvalue weighted by Crippen LogP contribution is -2.35. The third kappa shape index (κ3) is 3.84. The lowest BCUT2D eigenvalue weighted by molar-refractivity contribution is -0.120. The summed E-state index contributed by atoms with van der Waals surface area (Å²) in [5, 5.41) is 0. The minimum Gasteiger partial charge on any atom is -0.362 e. The smallest absolute Gasteiger partial charge is 0.282 e. The second-order valence-electron chi connectivity index (χ2n) is 7.13. The number of nitrogens with zero attached hydrogens (tertiary/aromatic N) is 2. The molecule has 0 saturated carbocycles. The molecular weight excluding hydrogens is 398 g/mol. The summed E-state index contributed by atoms with van der Waals surface area (Å²) in [5.74, 6) is -3.02. The number of hydrogen-bond donors (Lipinski definition) is 0. The second kappa shape index (κ2) is 8.52. The Kier molecular flexibility index (Phi) is 5.62. The molecule has 31 heavy (non-hydrogen) atoms. The van der Waals surface area contributed by atoms with Gasteiger partial charge in [0.15, 0.2) is 0 Å². The van der Waals surface area contributed by atoms with Crippen molar-refractivity contribution in [2.45, 2.75) is 13.5 Å². The minimum atomic E-state index is -0.971. The van der Waals surface area contributed by atoms with E-state index < -0.39 is 23.4 Å². The van der Waals surface area contributed by atoms with Gasteiger partial charge in [0.2, 0.25) is 0 Å². The summed E-state index contributed by atoms with van der Waals surface area (Å²) < 4.78 is 27.9. The highest BCUT2D eigenvalue weighted by atomic mass is 19.1. The SMILES string of the molecule is CCN(Cc1ccccc1)C1=C(c2ccccc2)C(=O)N(c2ccc(F)cc2F)C1=O. The Morgan fingerprint density at radius 2 is 1.48 bits per heavy atom. The van der Waals surface area contributed by atoms with Crippen LogP contribution in [-0.2, 0) is 16.1 Å². The number of carbonyl (C=O) groups is 2. The standard InChI is InChI=1S/C25H20F2N2O2/c1-2-28(16-17-9-5-3-6-10-17)23-22(18-11-7-4-8-12-18)24(30)29(25(23)31)21-14-13-19(26)15-20(21)27/h3-15H,2,16H2,1H3. The maximum atomic E-state index is 14.5. The van der Waals surface area contributed by atoms with Gasteiger partial charge in [-0.3, -0.25) is 9.59 Å². The molecule has 3 aromatic rings. The molecule has 0 spiro atoms. The van der Waals surface area contributed by atoms with E-state index in [-0.39, 0.29) is 17.0 Å². The van der Waals surface area contributed by atoms with Crippen LogP contribution in [0.3, 0.4) is 0 Å². The third-order valence-corrected chi connectivity index (χ3v) is 5.19. The van der Waals surface area contributed by atoms with Crippen LogP contribution in [0.15, 0.2) is 84.6 Å². The quantitative estimate of drug-likeness (QED) is 0.542. The molecule has 1 heterocycles. The Bertz CT molecular complexity index is 1160. The van der Waals surface area contributed by atoms with Crippen LogP contribution in [0.2, 0.25) is 0 Å². The van der Waals surface area contributed by atoms with Gasteiger partial charge in [-0.2, -0.15) is 0 Å². The lowest BCUT2D eigenvalue weighted by Gasteiger charge is -2.25. The molecule has 4 nitrogen and oxygen atoms in total. The van der Waals surface area contributed by atoms with Gasteiger partial charge in [-0.1, -0.05) is 60.7 Å². The van der Waals surface area contributed by atoms with Crippen LogP contribution in [0, 0.1) is 11.6 Å². The molecule has 0 bridgehead atoms. The third-order valence-electron chi connectivity index (χ3n) is 5.19. The molecule has 0 atom stereocenters. The van der Waals surface area contributed by atoms with E-state index >= 15 is 0 Å². The fourth-order valence-electron chi connectivity index (χ4n) is 3.71. The fourth-order valence-corrected chi connectivity index (χ4v) is 3.71. The zero-order chi connectivity index (χ0) is 22.0. The molecule has 6 heteroatoms. The molecule has 0 aromatic heterocycles. The van der Waals surface area contributed by atoms with Crippen molar-refractivity contribution < 1.29 is 18.4 Å². The maximum Gasteiger partial charge on any atom is 0.282 e. The highest BCUT2D eigenvalue weighted by Crippen LogP contribution is 2.36. The van der Waals surface area contributed by atoms with Gasteiger partial charge in [0, 0.05) is 19.2 Å². The van der Waals surface area contributed by atoms with Gasteiger partial charge < -0.3 is 4.90 Å². The number of amides is 2. The molecule has 0 saturated heterocycles. The van der Waals surface area contributed by atoms with E-state index in [0.29, 0.717) is 24.7 Å². The van der Waals surface area contributed by atoms with Crippen molar-refractivity contribution in [3.05, 3.63) is 107 Å². The number of anilines is 1. The monoisotopic (exact) mass is 418 g/mol. The average molecular weight is 418 g/mol. The molecule has 0 fully saturated rings. The highest BCUT2D eigenvalue weighted by Gasteiger charge is 2.43. The number of carbonyl (C=O) groups excluding carboxylic acids is 2. The van der Waals surface area contributed by atoms with Gasteiger partial charge in [0.1, 0.15) is 17.3 Å². The molecule has 1 aliphatic rings. The number of rotatable bonds is 6. The lowest BCUT2D eigenvalue weighted by atomic mass is 10.0. The first kappa shape index (κ1) is 20.5. The van der Waals surface area contributed by atoms with Crippen molar-refractivity contribution in [1.29, 1.82) is 0 Å². The number of benzene rings is 3. The van der Waals surface area contributed by atoms with Crippen LogP contribution in [0.5, 0.6) is 0 Å². The molecule has 2 amide bonds. The predicted molar refractivity (Wildman–Crippen MR) is 115 cm³/mol. The van der Waals surface area contributed by atoms with Crippen molar-refractivity contribution >= 4 is 23.1 Å². The Hall–Kier alpha value is -3.80. The molecule has 1 aliphatic heterocycles. The molecule has 3 aromatic carbocycles. The van der Waals surface area contributed by atoms with Crippen LogP contribution < -0.4 is 4.90 Å². The van der Waals surface area contributed by atoms with Crippen molar-refractivity contribution in [1.82, 2.24) is 4.90 Å². The number of imide groups is 1. The van der Waals surface area contributed by atoms with Crippen molar-refractivity contribution in [3.63, 3.8) is 0 Å². The van der Waals surface area contributed by atoms with E-state index in [1.54, 1.807) is 29.2 Å². The van der Waals surface area contributed by atoms with Gasteiger partial charge in [-0.25, -0.2) is 13.7 Å². The van der Waals surface area contributed by atoms with Crippen LogP contribution in [0.4, 0.5) is 14.5 Å². The van der Waals surface area contributed by atoms with E-state index in [9.17, 15) is 18.4 Å². The molecule has 4 rings (SSSR count). The van der Waals surface area contributed by atoms with Gasteiger partial charge in [0.25, 0.3) is 11.8 Å². The number of hydrogen-bond acceptors (Lipinski definition) is 3. The first-order valence-electron chi connectivity index (χ1n) is 9.93. The van der Waals surface area contributed by atoms with E-state index in [4.69, 9.17) is 0 Å². The summed E-state index contributed by atoms with van der Waals surface area (Å²) in [6.07, 6.45) is 0. The van der Waals surface area contributed by atoms with Gasteiger partial charge in [-0.05, 0) is 30.2 Å². The number of likely N-dealkylation sites (N-methyl/N-ethyl adjacent to an activating group) is 1.